The van der Waals surface area contributed by atoms with E-state index >= 15 is 0 Å². The summed E-state index contributed by atoms with van der Waals surface area (Å²) in [6, 6.07) is 4.27. The highest BCUT2D eigenvalue weighted by molar-refractivity contribution is 7.09. The lowest BCUT2D eigenvalue weighted by Gasteiger charge is -2.22. The van der Waals surface area contributed by atoms with E-state index < -0.39 is 29.6 Å². The largest absolute Gasteiger partial charge is 0.573 e. The first kappa shape index (κ1) is 21.1. The SMILES string of the molecule is CC(C)(C)c1nc(CN2C(=O)NC(C)(c3ccc(OC(F)(F)F)cc3)C2=O)cs1. The second-order valence-electron chi connectivity index (χ2n) is 7.91. The molecule has 29 heavy (non-hydrogen) atoms. The summed E-state index contributed by atoms with van der Waals surface area (Å²) < 4.78 is 40.8. The molecule has 1 N–H and O–H groups in total. The number of nitrogens with zero attached hydrogens (tertiary/aromatic N) is 2. The van der Waals surface area contributed by atoms with E-state index in [1.165, 1.54) is 30.4 Å². The van der Waals surface area contributed by atoms with Crippen LogP contribution in [-0.2, 0) is 22.3 Å². The Kier molecular flexibility index (Phi) is 5.10. The molecule has 1 unspecified atom stereocenters. The third-order valence-electron chi connectivity index (χ3n) is 4.45. The smallest absolute Gasteiger partial charge is 0.406 e. The van der Waals surface area contributed by atoms with Gasteiger partial charge in [0.25, 0.3) is 5.91 Å². The molecule has 0 saturated carbocycles. The lowest BCUT2D eigenvalue weighted by Crippen LogP contribution is -2.40. The number of urea groups is 1. The van der Waals surface area contributed by atoms with E-state index in [0.717, 1.165) is 22.0 Å². The monoisotopic (exact) mass is 427 g/mol. The van der Waals surface area contributed by atoms with Crippen LogP contribution in [0.1, 0.15) is 44.0 Å². The topological polar surface area (TPSA) is 71.5 Å². The highest BCUT2D eigenvalue weighted by Gasteiger charge is 2.49. The van der Waals surface area contributed by atoms with Gasteiger partial charge in [-0.1, -0.05) is 32.9 Å². The number of ether oxygens (including phenoxy) is 1. The predicted molar refractivity (Wildman–Crippen MR) is 100 cm³/mol. The van der Waals surface area contributed by atoms with Crippen molar-refractivity contribution in [2.24, 2.45) is 0 Å². The van der Waals surface area contributed by atoms with Crippen LogP contribution in [0.3, 0.4) is 0 Å². The minimum absolute atomic E-state index is 0.0160. The maximum atomic E-state index is 13.0. The van der Waals surface area contributed by atoms with Gasteiger partial charge in [0, 0.05) is 10.8 Å². The number of benzene rings is 1. The first-order chi connectivity index (χ1) is 13.3. The molecule has 3 rings (SSSR count). The molecule has 1 aliphatic rings. The molecule has 1 atom stereocenters. The molecular weight excluding hydrogens is 407 g/mol. The fourth-order valence-corrected chi connectivity index (χ4v) is 3.81. The molecule has 0 aliphatic carbocycles. The molecule has 156 valence electrons. The number of imide groups is 1. The number of halogens is 3. The van der Waals surface area contributed by atoms with Crippen LogP contribution in [0.4, 0.5) is 18.0 Å². The molecule has 0 radical (unpaired) electrons. The Hall–Kier alpha value is -2.62. The fourth-order valence-electron chi connectivity index (χ4n) is 2.91. The molecular formula is C19H20F3N3O3S. The first-order valence-electron chi connectivity index (χ1n) is 8.75. The minimum Gasteiger partial charge on any atom is -0.406 e. The van der Waals surface area contributed by atoms with Gasteiger partial charge in [-0.2, -0.15) is 0 Å². The maximum absolute atomic E-state index is 13.0. The van der Waals surface area contributed by atoms with Gasteiger partial charge in [0.1, 0.15) is 11.3 Å². The van der Waals surface area contributed by atoms with Gasteiger partial charge in [0.15, 0.2) is 0 Å². The number of carbonyl (C=O) groups is 2. The van der Waals surface area contributed by atoms with Crippen LogP contribution >= 0.6 is 11.3 Å². The molecule has 1 aliphatic heterocycles. The van der Waals surface area contributed by atoms with Gasteiger partial charge >= 0.3 is 12.4 Å². The van der Waals surface area contributed by atoms with Crippen LogP contribution in [0.5, 0.6) is 5.75 Å². The van der Waals surface area contributed by atoms with Gasteiger partial charge in [-0.15, -0.1) is 24.5 Å². The number of aromatic nitrogens is 1. The molecule has 2 aromatic rings. The van der Waals surface area contributed by atoms with E-state index in [4.69, 9.17) is 0 Å². The molecule has 1 aromatic heterocycles. The third-order valence-corrected chi connectivity index (χ3v) is 5.77. The van der Waals surface area contributed by atoms with Crippen molar-refractivity contribution in [2.75, 3.05) is 0 Å². The Morgan fingerprint density at radius 2 is 1.79 bits per heavy atom. The summed E-state index contributed by atoms with van der Waals surface area (Å²) in [7, 11) is 0. The van der Waals surface area contributed by atoms with Crippen LogP contribution in [0.25, 0.3) is 0 Å². The van der Waals surface area contributed by atoms with Crippen LogP contribution < -0.4 is 10.1 Å². The highest BCUT2D eigenvalue weighted by atomic mass is 32.1. The molecule has 1 fully saturated rings. The Morgan fingerprint density at radius 1 is 1.17 bits per heavy atom. The Bertz CT molecular complexity index is 935. The number of carbonyl (C=O) groups excluding carboxylic acids is 2. The average Bonchev–Trinajstić information content (AvgIpc) is 3.14. The van der Waals surface area contributed by atoms with Gasteiger partial charge in [-0.05, 0) is 24.6 Å². The van der Waals surface area contributed by atoms with Gasteiger partial charge in [0.2, 0.25) is 0 Å². The number of alkyl halides is 3. The number of hydrogen-bond acceptors (Lipinski definition) is 5. The van der Waals surface area contributed by atoms with E-state index in [1.54, 1.807) is 5.38 Å². The summed E-state index contributed by atoms with van der Waals surface area (Å²) in [5.41, 5.74) is -0.589. The van der Waals surface area contributed by atoms with Crippen LogP contribution in [0.15, 0.2) is 29.6 Å². The van der Waals surface area contributed by atoms with E-state index in [1.807, 2.05) is 20.8 Å². The second-order valence-corrected chi connectivity index (χ2v) is 8.77. The molecule has 10 heteroatoms. The quantitative estimate of drug-likeness (QED) is 0.739. The van der Waals surface area contributed by atoms with Crippen molar-refractivity contribution in [1.29, 1.82) is 0 Å². The zero-order valence-corrected chi connectivity index (χ0v) is 17.1. The molecule has 2 heterocycles. The van der Waals surface area contributed by atoms with Gasteiger partial charge in [0.05, 0.1) is 17.2 Å². The van der Waals surface area contributed by atoms with Crippen molar-refractivity contribution in [3.8, 4) is 5.75 Å². The van der Waals surface area contributed by atoms with Gasteiger partial charge in [-0.3, -0.25) is 9.69 Å². The Labute approximate surface area is 169 Å². The number of thiazole rings is 1. The van der Waals surface area contributed by atoms with Crippen molar-refractivity contribution in [3.63, 3.8) is 0 Å². The lowest BCUT2D eigenvalue weighted by atomic mass is 9.92. The molecule has 1 saturated heterocycles. The number of rotatable bonds is 4. The lowest BCUT2D eigenvalue weighted by molar-refractivity contribution is -0.274. The third kappa shape index (κ3) is 4.36. The van der Waals surface area contributed by atoms with Crippen molar-refractivity contribution in [1.82, 2.24) is 15.2 Å². The highest BCUT2D eigenvalue weighted by Crippen LogP contribution is 2.33. The summed E-state index contributed by atoms with van der Waals surface area (Å²) in [6.45, 7) is 7.59. The van der Waals surface area contributed by atoms with E-state index in [9.17, 15) is 22.8 Å². The summed E-state index contributed by atoms with van der Waals surface area (Å²) >= 11 is 1.46. The first-order valence-corrected chi connectivity index (χ1v) is 9.63. The Morgan fingerprint density at radius 3 is 2.31 bits per heavy atom. The maximum Gasteiger partial charge on any atom is 0.573 e. The second kappa shape index (κ2) is 7.01. The van der Waals surface area contributed by atoms with E-state index in [2.05, 4.69) is 15.0 Å². The molecule has 0 spiro atoms. The Balaban J connectivity index is 1.79. The van der Waals surface area contributed by atoms with Gasteiger partial charge < -0.3 is 10.1 Å². The van der Waals surface area contributed by atoms with E-state index in [-0.39, 0.29) is 12.0 Å². The molecule has 0 bridgehead atoms. The van der Waals surface area contributed by atoms with Gasteiger partial charge in [-0.25, -0.2) is 9.78 Å². The standard InChI is InChI=1S/C19H20F3N3O3S/c1-17(2,3)14-23-12(10-29-14)9-25-15(26)18(4,24-16(25)27)11-5-7-13(8-6-11)28-19(20,21)22/h5-8,10H,9H2,1-4H3,(H,24,27). The number of amides is 3. The van der Waals surface area contributed by atoms with Crippen LogP contribution in [-0.4, -0.2) is 28.2 Å². The molecule has 3 amide bonds. The van der Waals surface area contributed by atoms with Crippen molar-refractivity contribution in [3.05, 3.63) is 45.9 Å². The average molecular weight is 427 g/mol. The van der Waals surface area contributed by atoms with Crippen molar-refractivity contribution < 1.29 is 27.5 Å². The van der Waals surface area contributed by atoms with E-state index in [0.29, 0.717) is 11.3 Å². The molecule has 6 nitrogen and oxygen atoms in total. The summed E-state index contributed by atoms with van der Waals surface area (Å²) in [5, 5.41) is 5.32. The number of hydrogen-bond donors (Lipinski definition) is 1. The zero-order valence-electron chi connectivity index (χ0n) is 16.3. The van der Waals surface area contributed by atoms with Crippen molar-refractivity contribution in [2.45, 2.75) is 51.6 Å². The fraction of sp³-hybridized carbons (Fsp3) is 0.421. The van der Waals surface area contributed by atoms with Crippen molar-refractivity contribution >= 4 is 23.3 Å². The zero-order chi connectivity index (χ0) is 21.6. The summed E-state index contributed by atoms with van der Waals surface area (Å²) in [5.74, 6) is -0.909. The minimum atomic E-state index is -4.81. The van der Waals surface area contributed by atoms with Crippen LogP contribution in [0, 0.1) is 0 Å². The molecule has 1 aromatic carbocycles. The predicted octanol–water partition coefficient (Wildman–Crippen LogP) is 4.31. The van der Waals surface area contributed by atoms with Crippen LogP contribution in [0.2, 0.25) is 0 Å². The number of nitrogens with one attached hydrogen (secondary N) is 1. The summed E-state index contributed by atoms with van der Waals surface area (Å²) in [6.07, 6.45) is -4.81. The normalized spacial score (nSPS) is 20.2. The summed E-state index contributed by atoms with van der Waals surface area (Å²) in [4.78, 5) is 31.0.